The fourth-order valence-electron chi connectivity index (χ4n) is 1.60. The van der Waals surface area contributed by atoms with Crippen LogP contribution in [0.15, 0.2) is 40.8 Å². The summed E-state index contributed by atoms with van der Waals surface area (Å²) in [5, 5.41) is 8.77. The summed E-state index contributed by atoms with van der Waals surface area (Å²) < 4.78 is 14.7. The zero-order valence-electron chi connectivity index (χ0n) is 11.2. The Morgan fingerprint density at radius 2 is 2.05 bits per heavy atom. The first-order valence-corrected chi connectivity index (χ1v) is 5.98. The number of benzene rings is 1. The maximum Gasteiger partial charge on any atom is 0.373 e. The molecule has 1 heterocycles. The minimum absolute atomic E-state index is 0.0371. The molecule has 0 aliphatic carbocycles. The van der Waals surface area contributed by atoms with E-state index in [0.29, 0.717) is 11.3 Å². The third kappa shape index (κ3) is 3.48. The highest BCUT2D eigenvalue weighted by Crippen LogP contribution is 2.12. The molecule has 2 rings (SSSR count). The number of hydrogen-bond acceptors (Lipinski definition) is 6. The van der Waals surface area contributed by atoms with Crippen LogP contribution in [0.1, 0.15) is 32.2 Å². The molecular formula is C15H11NO5. The lowest BCUT2D eigenvalue weighted by Gasteiger charge is -2.03. The van der Waals surface area contributed by atoms with E-state index in [1.54, 1.807) is 18.2 Å². The number of ether oxygens (including phenoxy) is 2. The Morgan fingerprint density at radius 1 is 1.24 bits per heavy atom. The van der Waals surface area contributed by atoms with E-state index in [-0.39, 0.29) is 17.9 Å². The van der Waals surface area contributed by atoms with Crippen molar-refractivity contribution in [3.63, 3.8) is 0 Å². The van der Waals surface area contributed by atoms with Crippen LogP contribution in [0.3, 0.4) is 0 Å². The number of rotatable bonds is 4. The van der Waals surface area contributed by atoms with Crippen molar-refractivity contribution in [2.24, 2.45) is 0 Å². The van der Waals surface area contributed by atoms with Gasteiger partial charge in [-0.15, -0.1) is 0 Å². The number of nitrogens with zero attached hydrogens (tertiary/aromatic N) is 1. The lowest BCUT2D eigenvalue weighted by atomic mass is 10.1. The minimum Gasteiger partial charge on any atom is -0.463 e. The fraction of sp³-hybridized carbons (Fsp3) is 0.133. The van der Waals surface area contributed by atoms with Crippen molar-refractivity contribution in [2.75, 3.05) is 7.11 Å². The summed E-state index contributed by atoms with van der Waals surface area (Å²) in [6, 6.07) is 11.1. The van der Waals surface area contributed by atoms with Crippen LogP contribution in [0.5, 0.6) is 0 Å². The maximum atomic E-state index is 11.8. The van der Waals surface area contributed by atoms with E-state index in [1.165, 1.54) is 25.3 Å². The molecule has 1 aromatic carbocycles. The highest BCUT2D eigenvalue weighted by molar-refractivity contribution is 5.89. The smallest absolute Gasteiger partial charge is 0.373 e. The Morgan fingerprint density at radius 3 is 2.76 bits per heavy atom. The molecule has 0 bridgehead atoms. The van der Waals surface area contributed by atoms with E-state index in [4.69, 9.17) is 14.4 Å². The van der Waals surface area contributed by atoms with Crippen molar-refractivity contribution in [2.45, 2.75) is 6.61 Å². The monoisotopic (exact) mass is 285 g/mol. The second kappa shape index (κ2) is 6.39. The molecule has 0 saturated carbocycles. The second-order valence-electron chi connectivity index (χ2n) is 4.03. The number of nitriles is 1. The van der Waals surface area contributed by atoms with Gasteiger partial charge in [0.05, 0.1) is 24.3 Å². The van der Waals surface area contributed by atoms with Gasteiger partial charge in [0.25, 0.3) is 0 Å². The molecule has 0 N–H and O–H groups in total. The topological polar surface area (TPSA) is 89.5 Å². The molecule has 2 aromatic rings. The van der Waals surface area contributed by atoms with Crippen molar-refractivity contribution in [3.8, 4) is 6.07 Å². The van der Waals surface area contributed by atoms with Crippen LogP contribution in [-0.2, 0) is 16.1 Å². The van der Waals surface area contributed by atoms with Crippen LogP contribution in [0.25, 0.3) is 0 Å². The molecule has 0 radical (unpaired) electrons. The molecule has 0 spiro atoms. The van der Waals surface area contributed by atoms with E-state index in [1.807, 2.05) is 6.07 Å². The quantitative estimate of drug-likeness (QED) is 0.801. The average molecular weight is 285 g/mol. The standard InChI is InChI=1S/C15H11NO5/c1-19-15(18)13-6-5-12(21-13)9-20-14(17)11-4-2-3-10(7-11)8-16/h2-7H,9H2,1H3. The number of furan rings is 1. The molecule has 0 amide bonds. The normalized spacial score (nSPS) is 9.71. The Labute approximate surface area is 120 Å². The SMILES string of the molecule is COC(=O)c1ccc(COC(=O)c2cccc(C#N)c2)o1. The van der Waals surface area contributed by atoms with Crippen molar-refractivity contribution < 1.29 is 23.5 Å². The van der Waals surface area contributed by atoms with E-state index in [2.05, 4.69) is 4.74 Å². The molecule has 0 unspecified atom stereocenters. The predicted octanol–water partition coefficient (Wildman–Crippen LogP) is 2.29. The van der Waals surface area contributed by atoms with Crippen molar-refractivity contribution in [1.82, 2.24) is 0 Å². The summed E-state index contributed by atoms with van der Waals surface area (Å²) in [5.41, 5.74) is 0.643. The Hall–Kier alpha value is -3.07. The molecule has 6 nitrogen and oxygen atoms in total. The first-order valence-electron chi connectivity index (χ1n) is 5.98. The zero-order chi connectivity index (χ0) is 15.2. The molecule has 0 aliphatic rings. The molecule has 6 heteroatoms. The van der Waals surface area contributed by atoms with Crippen LogP contribution in [-0.4, -0.2) is 19.0 Å². The maximum absolute atomic E-state index is 11.8. The first kappa shape index (κ1) is 14.3. The second-order valence-corrected chi connectivity index (χ2v) is 4.03. The van der Waals surface area contributed by atoms with Gasteiger partial charge in [0.2, 0.25) is 5.76 Å². The Balaban J connectivity index is 1.99. The third-order valence-electron chi connectivity index (χ3n) is 2.62. The molecule has 0 atom stereocenters. The molecule has 21 heavy (non-hydrogen) atoms. The molecule has 1 aromatic heterocycles. The number of hydrogen-bond donors (Lipinski definition) is 0. The van der Waals surface area contributed by atoms with Gasteiger partial charge in [-0.1, -0.05) is 6.07 Å². The van der Waals surface area contributed by atoms with Gasteiger partial charge in [-0.25, -0.2) is 9.59 Å². The van der Waals surface area contributed by atoms with Gasteiger partial charge in [-0.05, 0) is 30.3 Å². The van der Waals surface area contributed by atoms with Crippen LogP contribution in [0, 0.1) is 11.3 Å². The Kier molecular flexibility index (Phi) is 4.36. The van der Waals surface area contributed by atoms with Crippen molar-refractivity contribution in [1.29, 1.82) is 5.26 Å². The van der Waals surface area contributed by atoms with E-state index in [0.717, 1.165) is 0 Å². The fourth-order valence-corrected chi connectivity index (χ4v) is 1.60. The predicted molar refractivity (Wildman–Crippen MR) is 70.3 cm³/mol. The van der Waals surface area contributed by atoms with Gasteiger partial charge in [0, 0.05) is 0 Å². The summed E-state index contributed by atoms with van der Waals surface area (Å²) >= 11 is 0. The highest BCUT2D eigenvalue weighted by atomic mass is 16.5. The highest BCUT2D eigenvalue weighted by Gasteiger charge is 2.13. The largest absolute Gasteiger partial charge is 0.463 e. The number of esters is 2. The van der Waals surface area contributed by atoms with E-state index in [9.17, 15) is 9.59 Å². The lowest BCUT2D eigenvalue weighted by molar-refractivity contribution is 0.0438. The van der Waals surface area contributed by atoms with Gasteiger partial charge in [0.1, 0.15) is 12.4 Å². The van der Waals surface area contributed by atoms with E-state index >= 15 is 0 Å². The first-order chi connectivity index (χ1) is 10.1. The summed E-state index contributed by atoms with van der Waals surface area (Å²) in [4.78, 5) is 23.0. The number of carbonyl (C=O) groups excluding carboxylic acids is 2. The van der Waals surface area contributed by atoms with Gasteiger partial charge in [0.15, 0.2) is 0 Å². The number of methoxy groups -OCH3 is 1. The summed E-state index contributed by atoms with van der Waals surface area (Å²) in [7, 11) is 1.24. The van der Waals surface area contributed by atoms with Crippen LogP contribution < -0.4 is 0 Å². The van der Waals surface area contributed by atoms with Crippen molar-refractivity contribution >= 4 is 11.9 Å². The van der Waals surface area contributed by atoms with Crippen LogP contribution >= 0.6 is 0 Å². The number of carbonyl (C=O) groups is 2. The third-order valence-corrected chi connectivity index (χ3v) is 2.62. The molecule has 0 saturated heterocycles. The van der Waals surface area contributed by atoms with Crippen LogP contribution in [0.4, 0.5) is 0 Å². The molecule has 106 valence electrons. The molecular weight excluding hydrogens is 274 g/mol. The average Bonchev–Trinajstić information content (AvgIpc) is 3.00. The Bertz CT molecular complexity index is 711. The van der Waals surface area contributed by atoms with Crippen molar-refractivity contribution in [3.05, 3.63) is 59.0 Å². The summed E-state index contributed by atoms with van der Waals surface area (Å²) in [6.45, 7) is -0.118. The molecule has 0 fully saturated rings. The van der Waals surface area contributed by atoms with E-state index < -0.39 is 11.9 Å². The van der Waals surface area contributed by atoms with Gasteiger partial charge < -0.3 is 13.9 Å². The summed E-state index contributed by atoms with van der Waals surface area (Å²) in [6.07, 6.45) is 0. The van der Waals surface area contributed by atoms with Gasteiger partial charge in [-0.3, -0.25) is 0 Å². The van der Waals surface area contributed by atoms with Gasteiger partial charge >= 0.3 is 11.9 Å². The molecule has 0 aliphatic heterocycles. The van der Waals surface area contributed by atoms with Gasteiger partial charge in [-0.2, -0.15) is 5.26 Å². The minimum atomic E-state index is -0.603. The zero-order valence-corrected chi connectivity index (χ0v) is 11.2. The van der Waals surface area contributed by atoms with Crippen LogP contribution in [0.2, 0.25) is 0 Å². The lowest BCUT2D eigenvalue weighted by Crippen LogP contribution is -2.05. The summed E-state index contributed by atoms with van der Waals surface area (Å²) in [5.74, 6) is -0.826.